The Balaban J connectivity index is 1.75. The Bertz CT molecular complexity index is 204. The largest absolute Gasteiger partial charge is 0.311 e. The molecule has 0 aromatic heterocycles. The van der Waals surface area contributed by atoms with E-state index in [1.54, 1.807) is 0 Å². The van der Waals surface area contributed by atoms with E-state index in [2.05, 4.69) is 41.0 Å². The van der Waals surface area contributed by atoms with Crippen LogP contribution in [0.4, 0.5) is 0 Å². The number of hydrogen-bond acceptors (Lipinski definition) is 4. The number of nitrogens with one attached hydrogen (secondary N) is 1. The third-order valence-electron chi connectivity index (χ3n) is 3.69. The van der Waals surface area contributed by atoms with Gasteiger partial charge in [0, 0.05) is 43.2 Å². The van der Waals surface area contributed by atoms with Gasteiger partial charge in [-0.2, -0.15) is 11.8 Å². The van der Waals surface area contributed by atoms with E-state index >= 15 is 0 Å². The highest BCUT2D eigenvalue weighted by Gasteiger charge is 2.24. The number of rotatable bonds is 3. The molecule has 0 aliphatic carbocycles. The van der Waals surface area contributed by atoms with Crippen LogP contribution in [0.1, 0.15) is 12.8 Å². The summed E-state index contributed by atoms with van der Waals surface area (Å²) in [6, 6.07) is 1.49. The highest BCUT2D eigenvalue weighted by atomic mass is 32.2. The zero-order chi connectivity index (χ0) is 11.4. The first-order valence-corrected chi connectivity index (χ1v) is 7.61. The minimum Gasteiger partial charge on any atom is -0.311 e. The highest BCUT2D eigenvalue weighted by Crippen LogP contribution is 2.15. The van der Waals surface area contributed by atoms with Gasteiger partial charge >= 0.3 is 0 Å². The number of hydrogen-bond donors (Lipinski definition) is 1. The summed E-state index contributed by atoms with van der Waals surface area (Å²) in [5, 5.41) is 3.63. The lowest BCUT2D eigenvalue weighted by Gasteiger charge is -2.38. The first-order valence-electron chi connectivity index (χ1n) is 6.45. The van der Waals surface area contributed by atoms with Crippen molar-refractivity contribution >= 4 is 11.8 Å². The molecular weight excluding hydrogens is 218 g/mol. The molecule has 0 bridgehead atoms. The molecule has 2 fully saturated rings. The van der Waals surface area contributed by atoms with E-state index in [0.29, 0.717) is 0 Å². The molecule has 4 heteroatoms. The molecule has 0 amide bonds. The molecule has 2 rings (SSSR count). The smallest absolute Gasteiger partial charge is 0.0285 e. The summed E-state index contributed by atoms with van der Waals surface area (Å²) in [7, 11) is 4.42. The van der Waals surface area contributed by atoms with E-state index in [4.69, 9.17) is 0 Å². The van der Waals surface area contributed by atoms with Gasteiger partial charge in [-0.15, -0.1) is 0 Å². The number of likely N-dealkylation sites (N-methyl/N-ethyl adjacent to an activating group) is 1. The quantitative estimate of drug-likeness (QED) is 0.787. The lowest BCUT2D eigenvalue weighted by molar-refractivity contribution is 0.126. The molecule has 1 N–H and O–H groups in total. The Morgan fingerprint density at radius 1 is 1.44 bits per heavy atom. The van der Waals surface area contributed by atoms with Gasteiger partial charge in [0.1, 0.15) is 0 Å². The van der Waals surface area contributed by atoms with Crippen LogP contribution < -0.4 is 5.32 Å². The van der Waals surface area contributed by atoms with E-state index in [-0.39, 0.29) is 0 Å². The Hall–Kier alpha value is 0.230. The second-order valence-corrected chi connectivity index (χ2v) is 6.40. The van der Waals surface area contributed by atoms with E-state index in [9.17, 15) is 0 Å². The fourth-order valence-corrected chi connectivity index (χ4v) is 3.60. The van der Waals surface area contributed by atoms with Crippen LogP contribution in [0.3, 0.4) is 0 Å². The maximum atomic E-state index is 3.63. The number of piperidine rings is 1. The number of thioether (sulfide) groups is 1. The van der Waals surface area contributed by atoms with E-state index in [1.165, 1.54) is 50.5 Å². The SMILES string of the molecule is CN(C)C1CCCN(CC2CSCCN2)C1. The minimum absolute atomic E-state index is 0.722. The molecular formula is C12H25N3S. The van der Waals surface area contributed by atoms with Crippen LogP contribution in [0.25, 0.3) is 0 Å². The van der Waals surface area contributed by atoms with Crippen LogP contribution in [0.5, 0.6) is 0 Å². The normalized spacial score (nSPS) is 33.2. The number of likely N-dealkylation sites (tertiary alicyclic amines) is 1. The van der Waals surface area contributed by atoms with Crippen LogP contribution in [-0.4, -0.2) is 73.7 Å². The van der Waals surface area contributed by atoms with Crippen molar-refractivity contribution in [2.75, 3.05) is 51.8 Å². The van der Waals surface area contributed by atoms with Crippen LogP contribution >= 0.6 is 11.8 Å². The van der Waals surface area contributed by atoms with Gasteiger partial charge in [0.25, 0.3) is 0 Å². The van der Waals surface area contributed by atoms with Gasteiger partial charge in [-0.05, 0) is 33.5 Å². The van der Waals surface area contributed by atoms with Crippen molar-refractivity contribution in [1.82, 2.24) is 15.1 Å². The molecule has 0 saturated carbocycles. The van der Waals surface area contributed by atoms with Gasteiger partial charge in [0.2, 0.25) is 0 Å². The maximum Gasteiger partial charge on any atom is 0.0285 e. The summed E-state index contributed by atoms with van der Waals surface area (Å²) >= 11 is 2.10. The predicted octanol–water partition coefficient (Wildman–Crippen LogP) is 0.717. The molecule has 16 heavy (non-hydrogen) atoms. The van der Waals surface area contributed by atoms with Crippen molar-refractivity contribution in [2.24, 2.45) is 0 Å². The molecule has 2 unspecified atom stereocenters. The van der Waals surface area contributed by atoms with Crippen molar-refractivity contribution in [3.8, 4) is 0 Å². The van der Waals surface area contributed by atoms with Crippen molar-refractivity contribution < 1.29 is 0 Å². The van der Waals surface area contributed by atoms with Crippen molar-refractivity contribution in [2.45, 2.75) is 24.9 Å². The average molecular weight is 243 g/mol. The molecule has 2 aliphatic heterocycles. The predicted molar refractivity (Wildman–Crippen MR) is 72.3 cm³/mol. The lowest BCUT2D eigenvalue weighted by atomic mass is 10.0. The second-order valence-electron chi connectivity index (χ2n) is 5.25. The van der Waals surface area contributed by atoms with Crippen molar-refractivity contribution in [3.05, 3.63) is 0 Å². The van der Waals surface area contributed by atoms with E-state index in [1.807, 2.05) is 0 Å². The average Bonchev–Trinajstić information content (AvgIpc) is 2.30. The third kappa shape index (κ3) is 3.62. The molecule has 3 nitrogen and oxygen atoms in total. The van der Waals surface area contributed by atoms with Crippen molar-refractivity contribution in [3.63, 3.8) is 0 Å². The van der Waals surface area contributed by atoms with E-state index < -0.39 is 0 Å². The Morgan fingerprint density at radius 2 is 2.31 bits per heavy atom. The molecule has 94 valence electrons. The summed E-state index contributed by atoms with van der Waals surface area (Å²) in [4.78, 5) is 5.03. The Kier molecular flexibility index (Phi) is 4.95. The monoisotopic (exact) mass is 243 g/mol. The molecule has 2 aliphatic rings. The van der Waals surface area contributed by atoms with Crippen LogP contribution in [0, 0.1) is 0 Å². The van der Waals surface area contributed by atoms with Gasteiger partial charge in [-0.25, -0.2) is 0 Å². The van der Waals surface area contributed by atoms with Gasteiger partial charge < -0.3 is 15.1 Å². The van der Waals surface area contributed by atoms with Crippen molar-refractivity contribution in [1.29, 1.82) is 0 Å². The van der Waals surface area contributed by atoms with Gasteiger partial charge in [0.15, 0.2) is 0 Å². The fourth-order valence-electron chi connectivity index (χ4n) is 2.67. The van der Waals surface area contributed by atoms with Crippen LogP contribution in [0.15, 0.2) is 0 Å². The summed E-state index contributed by atoms with van der Waals surface area (Å²) in [5.41, 5.74) is 0. The Morgan fingerprint density at radius 3 is 3.00 bits per heavy atom. The summed E-state index contributed by atoms with van der Waals surface area (Å²) in [5.74, 6) is 2.58. The molecule has 2 heterocycles. The number of nitrogens with zero attached hydrogens (tertiary/aromatic N) is 2. The molecule has 0 aromatic carbocycles. The highest BCUT2D eigenvalue weighted by molar-refractivity contribution is 7.99. The van der Waals surface area contributed by atoms with Gasteiger partial charge in [-0.3, -0.25) is 0 Å². The summed E-state index contributed by atoms with van der Waals surface area (Å²) in [6.07, 6.45) is 2.74. The molecule has 2 saturated heterocycles. The minimum atomic E-state index is 0.722. The summed E-state index contributed by atoms with van der Waals surface area (Å²) in [6.45, 7) is 5.00. The maximum absolute atomic E-state index is 3.63. The van der Waals surface area contributed by atoms with Crippen LogP contribution in [0.2, 0.25) is 0 Å². The van der Waals surface area contributed by atoms with Gasteiger partial charge in [-0.1, -0.05) is 0 Å². The zero-order valence-electron chi connectivity index (χ0n) is 10.6. The first kappa shape index (κ1) is 12.7. The van der Waals surface area contributed by atoms with Crippen LogP contribution in [-0.2, 0) is 0 Å². The molecule has 2 atom stereocenters. The molecule has 0 spiro atoms. The molecule has 0 aromatic rings. The van der Waals surface area contributed by atoms with E-state index in [0.717, 1.165) is 12.1 Å². The standard InChI is InChI=1S/C12H25N3S/c1-14(2)12-4-3-6-15(9-12)8-11-10-16-7-5-13-11/h11-13H,3-10H2,1-2H3. The fraction of sp³-hybridized carbons (Fsp3) is 1.00. The Labute approximate surface area is 104 Å². The topological polar surface area (TPSA) is 18.5 Å². The zero-order valence-corrected chi connectivity index (χ0v) is 11.4. The lowest BCUT2D eigenvalue weighted by Crippen LogP contribution is -2.51. The summed E-state index contributed by atoms with van der Waals surface area (Å²) < 4.78 is 0. The first-order chi connectivity index (χ1) is 7.75. The van der Waals surface area contributed by atoms with Gasteiger partial charge in [0.05, 0.1) is 0 Å². The second kappa shape index (κ2) is 6.24. The molecule has 0 radical (unpaired) electrons. The third-order valence-corrected chi connectivity index (χ3v) is 4.82.